The zero-order chi connectivity index (χ0) is 11.8. The minimum Gasteiger partial charge on any atom is -0.396 e. The zero-order valence-electron chi connectivity index (χ0n) is 10.2. The summed E-state index contributed by atoms with van der Waals surface area (Å²) in [5, 5.41) is 12.2. The maximum absolute atomic E-state index is 8.86. The van der Waals surface area contributed by atoms with Crippen LogP contribution in [0.2, 0.25) is 0 Å². The molecule has 1 heterocycles. The van der Waals surface area contributed by atoms with Crippen LogP contribution in [0.15, 0.2) is 18.3 Å². The maximum Gasteiger partial charge on any atom is 0.0541 e. The van der Waals surface area contributed by atoms with Gasteiger partial charge in [-0.25, -0.2) is 0 Å². The van der Waals surface area contributed by atoms with Gasteiger partial charge in [0.25, 0.3) is 0 Å². The van der Waals surface area contributed by atoms with E-state index in [0.29, 0.717) is 12.5 Å². The number of pyridine rings is 1. The highest BCUT2D eigenvalue weighted by molar-refractivity contribution is 5.11. The molecule has 16 heavy (non-hydrogen) atoms. The number of hydrogen-bond donors (Lipinski definition) is 2. The number of aliphatic hydroxyl groups excluding tert-OH is 1. The molecule has 0 aliphatic heterocycles. The summed E-state index contributed by atoms with van der Waals surface area (Å²) in [6, 6.07) is 4.14. The summed E-state index contributed by atoms with van der Waals surface area (Å²) >= 11 is 0. The quantitative estimate of drug-likeness (QED) is 0.692. The predicted octanol–water partition coefficient (Wildman–Crippen LogP) is 1.89. The van der Waals surface area contributed by atoms with Crippen LogP contribution >= 0.6 is 0 Å². The number of aryl methyl sites for hydroxylation is 1. The highest BCUT2D eigenvalue weighted by Gasteiger charge is 1.99. The van der Waals surface area contributed by atoms with Crippen molar-refractivity contribution >= 4 is 0 Å². The lowest BCUT2D eigenvalue weighted by Crippen LogP contribution is -2.16. The first-order valence-corrected chi connectivity index (χ1v) is 5.95. The highest BCUT2D eigenvalue weighted by Crippen LogP contribution is 2.03. The lowest BCUT2D eigenvalue weighted by atomic mass is 10.1. The smallest absolute Gasteiger partial charge is 0.0541 e. The molecule has 1 rings (SSSR count). The van der Waals surface area contributed by atoms with Crippen LogP contribution < -0.4 is 5.32 Å². The average Bonchev–Trinajstić information content (AvgIpc) is 2.31. The van der Waals surface area contributed by atoms with Gasteiger partial charge in [0.1, 0.15) is 0 Å². The van der Waals surface area contributed by atoms with Crippen LogP contribution in [0, 0.1) is 12.8 Å². The van der Waals surface area contributed by atoms with Gasteiger partial charge in [-0.2, -0.15) is 0 Å². The first-order chi connectivity index (χ1) is 7.72. The number of aromatic nitrogens is 1. The molecule has 0 aromatic carbocycles. The molecule has 1 aromatic heterocycles. The van der Waals surface area contributed by atoms with E-state index in [9.17, 15) is 0 Å². The van der Waals surface area contributed by atoms with E-state index in [1.165, 1.54) is 5.56 Å². The van der Waals surface area contributed by atoms with Gasteiger partial charge in [0, 0.05) is 19.3 Å². The Morgan fingerprint density at radius 2 is 2.25 bits per heavy atom. The molecule has 3 nitrogen and oxygen atoms in total. The van der Waals surface area contributed by atoms with Gasteiger partial charge >= 0.3 is 0 Å². The number of nitrogens with one attached hydrogen (secondary N) is 1. The molecule has 2 N–H and O–H groups in total. The topological polar surface area (TPSA) is 45.1 Å². The van der Waals surface area contributed by atoms with E-state index in [1.54, 1.807) is 0 Å². The van der Waals surface area contributed by atoms with Gasteiger partial charge in [0.2, 0.25) is 0 Å². The molecule has 0 aliphatic rings. The molecule has 0 bridgehead atoms. The van der Waals surface area contributed by atoms with Crippen LogP contribution in [0.5, 0.6) is 0 Å². The van der Waals surface area contributed by atoms with Gasteiger partial charge in [-0.1, -0.05) is 13.0 Å². The van der Waals surface area contributed by atoms with Crippen molar-refractivity contribution in [2.45, 2.75) is 33.2 Å². The van der Waals surface area contributed by atoms with Gasteiger partial charge < -0.3 is 10.4 Å². The van der Waals surface area contributed by atoms with Crippen LogP contribution in [0.4, 0.5) is 0 Å². The molecule has 0 amide bonds. The Balaban J connectivity index is 2.09. The monoisotopic (exact) mass is 222 g/mol. The Hall–Kier alpha value is -0.930. The van der Waals surface area contributed by atoms with E-state index in [4.69, 9.17) is 5.11 Å². The molecule has 1 atom stereocenters. The molecule has 3 heteroatoms. The Morgan fingerprint density at radius 1 is 1.44 bits per heavy atom. The zero-order valence-corrected chi connectivity index (χ0v) is 10.2. The Bertz CT molecular complexity index is 284. The SMILES string of the molecule is Cc1ccc(CNCCCC(C)CO)nc1. The second-order valence-corrected chi connectivity index (χ2v) is 4.43. The summed E-state index contributed by atoms with van der Waals surface area (Å²) in [6.07, 6.45) is 4.07. The van der Waals surface area contributed by atoms with Crippen molar-refractivity contribution in [2.75, 3.05) is 13.2 Å². The third-order valence-electron chi connectivity index (χ3n) is 2.64. The van der Waals surface area contributed by atoms with Gasteiger partial charge in [0.15, 0.2) is 0 Å². The third kappa shape index (κ3) is 5.24. The normalized spacial score (nSPS) is 12.7. The summed E-state index contributed by atoms with van der Waals surface area (Å²) in [4.78, 5) is 4.32. The molecular weight excluding hydrogens is 200 g/mol. The molecule has 1 aromatic rings. The van der Waals surface area contributed by atoms with Gasteiger partial charge in [-0.05, 0) is 43.9 Å². The fourth-order valence-electron chi connectivity index (χ4n) is 1.49. The largest absolute Gasteiger partial charge is 0.396 e. The molecule has 0 aliphatic carbocycles. The Morgan fingerprint density at radius 3 is 2.88 bits per heavy atom. The van der Waals surface area contributed by atoms with E-state index in [0.717, 1.165) is 31.6 Å². The number of rotatable bonds is 7. The first kappa shape index (κ1) is 13.1. The molecule has 0 radical (unpaired) electrons. The minimum atomic E-state index is 0.291. The van der Waals surface area contributed by atoms with Crippen molar-refractivity contribution in [3.8, 4) is 0 Å². The van der Waals surface area contributed by atoms with E-state index in [-0.39, 0.29) is 0 Å². The van der Waals surface area contributed by atoms with Gasteiger partial charge in [-0.15, -0.1) is 0 Å². The third-order valence-corrected chi connectivity index (χ3v) is 2.64. The van der Waals surface area contributed by atoms with Crippen LogP contribution in [0.1, 0.15) is 31.0 Å². The van der Waals surface area contributed by atoms with Crippen molar-refractivity contribution in [1.29, 1.82) is 0 Å². The molecule has 0 saturated heterocycles. The molecule has 0 saturated carbocycles. The highest BCUT2D eigenvalue weighted by atomic mass is 16.3. The summed E-state index contributed by atoms with van der Waals surface area (Å²) in [6.45, 7) is 6.22. The van der Waals surface area contributed by atoms with E-state index in [1.807, 2.05) is 13.1 Å². The van der Waals surface area contributed by atoms with E-state index >= 15 is 0 Å². The number of nitrogens with zero attached hydrogens (tertiary/aromatic N) is 1. The minimum absolute atomic E-state index is 0.291. The number of aliphatic hydroxyl groups is 1. The van der Waals surface area contributed by atoms with Crippen LogP contribution in [0.25, 0.3) is 0 Å². The summed E-state index contributed by atoms with van der Waals surface area (Å²) in [5.74, 6) is 0.416. The molecular formula is C13H22N2O. The Labute approximate surface area is 97.9 Å². The van der Waals surface area contributed by atoms with Gasteiger partial charge in [-0.3, -0.25) is 4.98 Å². The number of hydrogen-bond acceptors (Lipinski definition) is 3. The standard InChI is InChI=1S/C13H22N2O/c1-11-5-6-13(15-8-11)9-14-7-3-4-12(2)10-16/h5-6,8,12,14,16H,3-4,7,9-10H2,1-2H3. The average molecular weight is 222 g/mol. The van der Waals surface area contributed by atoms with Crippen molar-refractivity contribution < 1.29 is 5.11 Å². The molecule has 0 fully saturated rings. The van der Waals surface area contributed by atoms with Gasteiger partial charge in [0.05, 0.1) is 5.69 Å². The second kappa shape index (κ2) is 7.36. The Kier molecular flexibility index (Phi) is 6.04. The molecule has 0 spiro atoms. The van der Waals surface area contributed by atoms with E-state index in [2.05, 4.69) is 29.4 Å². The van der Waals surface area contributed by atoms with Crippen molar-refractivity contribution in [2.24, 2.45) is 5.92 Å². The predicted molar refractivity (Wildman–Crippen MR) is 66.2 cm³/mol. The molecule has 90 valence electrons. The first-order valence-electron chi connectivity index (χ1n) is 5.95. The summed E-state index contributed by atoms with van der Waals surface area (Å²) < 4.78 is 0. The van der Waals surface area contributed by atoms with Crippen LogP contribution in [0.3, 0.4) is 0 Å². The molecule has 1 unspecified atom stereocenters. The van der Waals surface area contributed by atoms with Crippen LogP contribution in [-0.4, -0.2) is 23.2 Å². The fraction of sp³-hybridized carbons (Fsp3) is 0.615. The second-order valence-electron chi connectivity index (χ2n) is 4.43. The van der Waals surface area contributed by atoms with Crippen molar-refractivity contribution in [3.05, 3.63) is 29.6 Å². The maximum atomic E-state index is 8.86. The fourth-order valence-corrected chi connectivity index (χ4v) is 1.49. The lowest BCUT2D eigenvalue weighted by Gasteiger charge is -2.08. The lowest BCUT2D eigenvalue weighted by molar-refractivity contribution is 0.228. The van der Waals surface area contributed by atoms with Crippen molar-refractivity contribution in [1.82, 2.24) is 10.3 Å². The van der Waals surface area contributed by atoms with E-state index < -0.39 is 0 Å². The summed E-state index contributed by atoms with van der Waals surface area (Å²) in [5.41, 5.74) is 2.28. The summed E-state index contributed by atoms with van der Waals surface area (Å²) in [7, 11) is 0. The van der Waals surface area contributed by atoms with Crippen molar-refractivity contribution in [3.63, 3.8) is 0 Å². The van der Waals surface area contributed by atoms with Crippen LogP contribution in [-0.2, 0) is 6.54 Å².